The van der Waals surface area contributed by atoms with Crippen LogP contribution in [0.5, 0.6) is 0 Å². The summed E-state index contributed by atoms with van der Waals surface area (Å²) in [6, 6.07) is 13.3. The first-order valence-corrected chi connectivity index (χ1v) is 12.2. The molecule has 10 heteroatoms. The van der Waals surface area contributed by atoms with Crippen LogP contribution < -0.4 is 10.1 Å². The fourth-order valence-electron chi connectivity index (χ4n) is 4.22. The largest absolute Gasteiger partial charge is 0.861 e. The van der Waals surface area contributed by atoms with Crippen molar-refractivity contribution in [2.45, 2.75) is 55.6 Å². The maximum atomic E-state index is 13.4. The third-order valence-corrected chi connectivity index (χ3v) is 7.27. The van der Waals surface area contributed by atoms with E-state index in [2.05, 4.69) is 9.50 Å². The minimum absolute atomic E-state index is 0.189. The van der Waals surface area contributed by atoms with E-state index in [9.17, 15) is 26.7 Å². The van der Waals surface area contributed by atoms with Gasteiger partial charge in [-0.05, 0) is 54.5 Å². The number of alkyl halides is 3. The predicted molar refractivity (Wildman–Crippen MR) is 117 cm³/mol. The Labute approximate surface area is 190 Å². The van der Waals surface area contributed by atoms with Crippen molar-refractivity contribution in [2.75, 3.05) is 5.01 Å². The Morgan fingerprint density at radius 3 is 2.24 bits per heavy atom. The van der Waals surface area contributed by atoms with Crippen molar-refractivity contribution in [3.63, 3.8) is 0 Å². The van der Waals surface area contributed by atoms with Crippen molar-refractivity contribution in [3.8, 4) is 0 Å². The summed E-state index contributed by atoms with van der Waals surface area (Å²) in [5.74, 6) is -1.01. The van der Waals surface area contributed by atoms with Crippen LogP contribution in [-0.2, 0) is 10.0 Å². The van der Waals surface area contributed by atoms with Crippen molar-refractivity contribution in [3.05, 3.63) is 60.2 Å². The highest BCUT2D eigenvalue weighted by Gasteiger charge is 2.43. The molecule has 2 aromatic rings. The van der Waals surface area contributed by atoms with E-state index in [1.807, 2.05) is 0 Å². The monoisotopic (exact) mass is 478 g/mol. The second kappa shape index (κ2) is 9.17. The molecule has 2 aliphatic rings. The van der Waals surface area contributed by atoms with E-state index in [4.69, 9.17) is 0 Å². The summed E-state index contributed by atoms with van der Waals surface area (Å²) in [5, 5.41) is 17.4. The highest BCUT2D eigenvalue weighted by Crippen LogP contribution is 2.39. The number of sulfonamides is 1. The van der Waals surface area contributed by atoms with Gasteiger partial charge in [-0.25, -0.2) is 0 Å². The lowest BCUT2D eigenvalue weighted by Crippen LogP contribution is -2.30. The number of benzene rings is 2. The molecule has 0 bridgehead atoms. The quantitative estimate of drug-likeness (QED) is 0.465. The number of hydrogen-bond donors (Lipinski definition) is 0. The van der Waals surface area contributed by atoms with Gasteiger partial charge in [0.05, 0.1) is 16.6 Å². The molecule has 0 radical (unpaired) electrons. The molecule has 0 N–H and O–H groups in total. The molecule has 1 fully saturated rings. The Morgan fingerprint density at radius 2 is 1.64 bits per heavy atom. The number of anilines is 1. The van der Waals surface area contributed by atoms with Gasteiger partial charge in [0.15, 0.2) is 0 Å². The second-order valence-corrected chi connectivity index (χ2v) is 9.86. The molecule has 2 aromatic carbocycles. The summed E-state index contributed by atoms with van der Waals surface area (Å²) in [4.78, 5) is -0.189. The number of halogens is 3. The molecule has 0 aromatic heterocycles. The molecular formula is C23H23F3N3O3S-. The van der Waals surface area contributed by atoms with E-state index in [1.165, 1.54) is 29.3 Å². The minimum Gasteiger partial charge on any atom is -0.861 e. The van der Waals surface area contributed by atoms with Gasteiger partial charge in [-0.1, -0.05) is 49.6 Å². The highest BCUT2D eigenvalue weighted by atomic mass is 32.2. The summed E-state index contributed by atoms with van der Waals surface area (Å²) in [5.41, 5.74) is 0.0621. The predicted octanol–water partition coefficient (Wildman–Crippen LogP) is 4.58. The average molecular weight is 479 g/mol. The smallest absolute Gasteiger partial charge is 0.431 e. The van der Waals surface area contributed by atoms with Crippen molar-refractivity contribution < 1.29 is 26.7 Å². The van der Waals surface area contributed by atoms with Gasteiger partial charge in [0.25, 0.3) is 10.0 Å². The lowest BCUT2D eigenvalue weighted by Gasteiger charge is -2.26. The Balaban J connectivity index is 1.61. The number of hydrazone groups is 1. The Hall–Kier alpha value is -2.88. The zero-order valence-corrected chi connectivity index (χ0v) is 18.5. The molecule has 1 atom stereocenters. The molecule has 1 unspecified atom stereocenters. The number of nitrogens with zero attached hydrogens (tertiary/aromatic N) is 3. The van der Waals surface area contributed by atoms with Crippen molar-refractivity contribution in [1.29, 1.82) is 0 Å². The van der Waals surface area contributed by atoms with Gasteiger partial charge >= 0.3 is 6.18 Å². The highest BCUT2D eigenvalue weighted by molar-refractivity contribution is 7.90. The van der Waals surface area contributed by atoms with Crippen LogP contribution in [-0.4, -0.2) is 26.2 Å². The number of rotatable bonds is 5. The van der Waals surface area contributed by atoms with Crippen LogP contribution in [0.1, 0.15) is 50.1 Å². The molecule has 33 heavy (non-hydrogen) atoms. The average Bonchev–Trinajstić information content (AvgIpc) is 3.26. The topological polar surface area (TPSA) is 85.2 Å². The summed E-state index contributed by atoms with van der Waals surface area (Å²) in [6.07, 6.45) is -0.851. The lowest BCUT2D eigenvalue weighted by atomic mass is 9.89. The first-order chi connectivity index (χ1) is 15.6. The van der Waals surface area contributed by atoms with Crippen LogP contribution in [0.25, 0.3) is 0 Å². The maximum Gasteiger partial charge on any atom is 0.431 e. The van der Waals surface area contributed by atoms with Crippen LogP contribution in [0.4, 0.5) is 18.9 Å². The van der Waals surface area contributed by atoms with Crippen LogP contribution in [0.2, 0.25) is 0 Å². The summed E-state index contributed by atoms with van der Waals surface area (Å²) in [6.45, 7) is 0. The number of hydrogen-bond acceptors (Lipinski definition) is 5. The Kier molecular flexibility index (Phi) is 6.47. The van der Waals surface area contributed by atoms with Crippen LogP contribution in [0, 0.1) is 5.92 Å². The molecule has 0 amide bonds. The fraction of sp³-hybridized carbons (Fsp3) is 0.391. The Morgan fingerprint density at radius 1 is 1.00 bits per heavy atom. The van der Waals surface area contributed by atoms with Gasteiger partial charge < -0.3 is 5.11 Å². The van der Waals surface area contributed by atoms with Gasteiger partial charge in [0.1, 0.15) is 5.71 Å². The normalized spacial score (nSPS) is 20.7. The molecule has 1 saturated carbocycles. The van der Waals surface area contributed by atoms with E-state index in [0.29, 0.717) is 24.1 Å². The first kappa shape index (κ1) is 23.3. The van der Waals surface area contributed by atoms with E-state index < -0.39 is 33.9 Å². The van der Waals surface area contributed by atoms with Crippen LogP contribution >= 0.6 is 0 Å². The van der Waals surface area contributed by atoms with Crippen molar-refractivity contribution in [1.82, 2.24) is 0 Å². The molecule has 1 heterocycles. The van der Waals surface area contributed by atoms with Crippen LogP contribution in [0.3, 0.4) is 0 Å². The maximum absolute atomic E-state index is 13.4. The minimum atomic E-state index is -4.57. The third kappa shape index (κ3) is 5.21. The molecule has 1 aliphatic heterocycles. The lowest BCUT2D eigenvalue weighted by molar-refractivity contribution is -0.224. The zero-order chi connectivity index (χ0) is 23.6. The van der Waals surface area contributed by atoms with Gasteiger partial charge in [0.2, 0.25) is 0 Å². The zero-order valence-electron chi connectivity index (χ0n) is 17.7. The molecule has 0 saturated heterocycles. The van der Waals surface area contributed by atoms with Crippen molar-refractivity contribution in [2.24, 2.45) is 15.4 Å². The van der Waals surface area contributed by atoms with E-state index in [1.54, 1.807) is 30.3 Å². The Bertz CT molecular complexity index is 1140. The molecule has 0 spiro atoms. The van der Waals surface area contributed by atoms with Gasteiger partial charge in [0, 0.05) is 6.42 Å². The summed E-state index contributed by atoms with van der Waals surface area (Å²) < 4.78 is 68.8. The molecular weight excluding hydrogens is 455 g/mol. The summed E-state index contributed by atoms with van der Waals surface area (Å²) >= 11 is 0. The SMILES string of the molecule is O=S(=O)(/N=C(/[O-])C1CCCCC1)c1ccc(N2N=C(C(F)(F)F)CC2c2ccccc2)cc1. The van der Waals surface area contributed by atoms with Crippen LogP contribution in [0.15, 0.2) is 69.0 Å². The summed E-state index contributed by atoms with van der Waals surface area (Å²) in [7, 11) is -4.21. The molecule has 6 nitrogen and oxygen atoms in total. The van der Waals surface area contributed by atoms with Gasteiger partial charge in [-0.15, -0.1) is 0 Å². The van der Waals surface area contributed by atoms with E-state index in [-0.39, 0.29) is 17.2 Å². The molecule has 1 aliphatic carbocycles. The van der Waals surface area contributed by atoms with Crippen molar-refractivity contribution >= 4 is 27.3 Å². The standard InChI is InChI=1S/C23H24F3N3O3S/c24-23(25,26)21-15-20(16-7-3-1-4-8-16)29(27-21)18-11-13-19(14-12-18)33(31,32)28-22(30)17-9-5-2-6-10-17/h1,3-4,7-8,11-14,17,20H,2,5-6,9-10,15H2,(H,28,30)/p-1. The van der Waals surface area contributed by atoms with E-state index in [0.717, 1.165) is 19.3 Å². The first-order valence-electron chi connectivity index (χ1n) is 10.8. The van der Waals surface area contributed by atoms with E-state index >= 15 is 0 Å². The fourth-order valence-corrected chi connectivity index (χ4v) is 5.19. The molecule has 176 valence electrons. The molecule has 4 rings (SSSR count). The van der Waals surface area contributed by atoms with Gasteiger partial charge in [-0.3, -0.25) is 5.01 Å². The third-order valence-electron chi connectivity index (χ3n) is 5.99. The second-order valence-electron chi connectivity index (χ2n) is 8.25. The van der Waals surface area contributed by atoms with Gasteiger partial charge in [-0.2, -0.15) is 31.1 Å².